The Labute approximate surface area is 129 Å². The third-order valence-electron chi connectivity index (χ3n) is 4.29. The second-order valence-electron chi connectivity index (χ2n) is 5.84. The van der Waals surface area contributed by atoms with Gasteiger partial charge in [-0.3, -0.25) is 0 Å². The number of hydrogen-bond donors (Lipinski definition) is 0. The molecule has 0 saturated heterocycles. The molecule has 3 heteroatoms. The van der Waals surface area contributed by atoms with Crippen molar-refractivity contribution in [2.75, 3.05) is 0 Å². The Balaban J connectivity index is 1.61. The Hall–Kier alpha value is -2.16. The van der Waals surface area contributed by atoms with Gasteiger partial charge in [-0.2, -0.15) is 0 Å². The summed E-state index contributed by atoms with van der Waals surface area (Å²) < 4.78 is 19.8. The Kier molecular flexibility index (Phi) is 4.23. The minimum Gasteiger partial charge on any atom is -0.460 e. The summed E-state index contributed by atoms with van der Waals surface area (Å²) in [5.41, 5.74) is 3.18. The van der Waals surface area contributed by atoms with E-state index in [1.165, 1.54) is 11.1 Å². The first kappa shape index (κ1) is 14.8. The van der Waals surface area contributed by atoms with E-state index in [0.717, 1.165) is 5.56 Å². The summed E-state index contributed by atoms with van der Waals surface area (Å²) in [6, 6.07) is 17.2. The van der Waals surface area contributed by atoms with Crippen molar-refractivity contribution in [3.63, 3.8) is 0 Å². The fourth-order valence-corrected chi connectivity index (χ4v) is 2.96. The highest BCUT2D eigenvalue weighted by Crippen LogP contribution is 2.27. The summed E-state index contributed by atoms with van der Waals surface area (Å²) in [7, 11) is 0. The van der Waals surface area contributed by atoms with E-state index >= 15 is 0 Å². The quantitative estimate of drug-likeness (QED) is 0.802. The summed E-state index contributed by atoms with van der Waals surface area (Å²) in [4.78, 5) is 12.1. The molecule has 0 fully saturated rings. The maximum atomic E-state index is 14.4. The van der Waals surface area contributed by atoms with Crippen LogP contribution >= 0.6 is 0 Å². The predicted octanol–water partition coefficient (Wildman–Crippen LogP) is 3.84. The third-order valence-corrected chi connectivity index (χ3v) is 4.29. The van der Waals surface area contributed by atoms with Crippen molar-refractivity contribution in [1.82, 2.24) is 0 Å². The van der Waals surface area contributed by atoms with Crippen LogP contribution in [0.15, 0.2) is 54.6 Å². The van der Waals surface area contributed by atoms with Gasteiger partial charge in [-0.05, 0) is 16.7 Å². The van der Waals surface area contributed by atoms with E-state index in [1.807, 2.05) is 54.6 Å². The lowest BCUT2D eigenvalue weighted by molar-refractivity contribution is -0.155. The van der Waals surface area contributed by atoms with Crippen molar-refractivity contribution < 1.29 is 13.9 Å². The molecule has 2 aromatic carbocycles. The second kappa shape index (κ2) is 6.30. The molecule has 0 aliphatic heterocycles. The van der Waals surface area contributed by atoms with Crippen LogP contribution in [0.4, 0.5) is 4.39 Å². The second-order valence-corrected chi connectivity index (χ2v) is 5.84. The molecule has 2 atom stereocenters. The third kappa shape index (κ3) is 3.03. The maximum absolute atomic E-state index is 14.4. The van der Waals surface area contributed by atoms with Crippen LogP contribution in [0.2, 0.25) is 0 Å². The van der Waals surface area contributed by atoms with Crippen LogP contribution in [0.5, 0.6) is 0 Å². The Morgan fingerprint density at radius 3 is 2.18 bits per heavy atom. The fourth-order valence-electron chi connectivity index (χ4n) is 2.96. The van der Waals surface area contributed by atoms with E-state index in [-0.39, 0.29) is 6.10 Å². The summed E-state index contributed by atoms with van der Waals surface area (Å²) >= 11 is 0. The molecule has 0 aromatic heterocycles. The summed E-state index contributed by atoms with van der Waals surface area (Å²) in [5.74, 6) is -1.26. The van der Waals surface area contributed by atoms with Crippen LogP contribution in [-0.2, 0) is 22.4 Å². The largest absolute Gasteiger partial charge is 0.460 e. The molecule has 22 heavy (non-hydrogen) atoms. The van der Waals surface area contributed by atoms with Crippen molar-refractivity contribution in [3.05, 3.63) is 71.3 Å². The van der Waals surface area contributed by atoms with Gasteiger partial charge in [0, 0.05) is 18.8 Å². The number of alkyl halides is 1. The van der Waals surface area contributed by atoms with Crippen molar-refractivity contribution in [3.8, 4) is 0 Å². The van der Waals surface area contributed by atoms with Crippen LogP contribution in [0.3, 0.4) is 0 Å². The minimum absolute atomic E-state index is 0.244. The zero-order valence-electron chi connectivity index (χ0n) is 12.5. The lowest BCUT2D eigenvalue weighted by Crippen LogP contribution is -2.29. The molecule has 2 nitrogen and oxygen atoms in total. The molecule has 0 heterocycles. The van der Waals surface area contributed by atoms with E-state index in [2.05, 4.69) is 0 Å². The standard InChI is InChI=1S/C19H19FO2/c1-13(14-7-3-2-4-8-14)18(20)19(21)22-17-11-15-9-5-6-10-16(15)12-17/h2-10,13,17-18H,11-12H2,1H3/t13-,18-/m0/s1. The van der Waals surface area contributed by atoms with Gasteiger partial charge in [-0.1, -0.05) is 61.5 Å². The van der Waals surface area contributed by atoms with Crippen LogP contribution in [0.1, 0.15) is 29.5 Å². The van der Waals surface area contributed by atoms with Gasteiger partial charge < -0.3 is 4.74 Å². The van der Waals surface area contributed by atoms with Gasteiger partial charge in [-0.25, -0.2) is 9.18 Å². The Morgan fingerprint density at radius 1 is 1.05 bits per heavy atom. The first-order chi connectivity index (χ1) is 10.6. The monoisotopic (exact) mass is 298 g/mol. The van der Waals surface area contributed by atoms with Gasteiger partial charge in [0.1, 0.15) is 6.10 Å². The zero-order valence-corrected chi connectivity index (χ0v) is 12.5. The average molecular weight is 298 g/mol. The highest BCUT2D eigenvalue weighted by molar-refractivity contribution is 5.76. The molecular formula is C19H19FO2. The number of esters is 1. The van der Waals surface area contributed by atoms with Gasteiger partial charge >= 0.3 is 5.97 Å². The van der Waals surface area contributed by atoms with Gasteiger partial charge in [0.15, 0.2) is 0 Å². The van der Waals surface area contributed by atoms with E-state index < -0.39 is 18.1 Å². The maximum Gasteiger partial charge on any atom is 0.341 e. The van der Waals surface area contributed by atoms with Gasteiger partial charge in [0.05, 0.1) is 0 Å². The number of ether oxygens (including phenoxy) is 1. The number of fused-ring (bicyclic) bond motifs is 1. The lowest BCUT2D eigenvalue weighted by Gasteiger charge is -2.18. The summed E-state index contributed by atoms with van der Waals surface area (Å²) in [6.45, 7) is 1.71. The van der Waals surface area contributed by atoms with Crippen molar-refractivity contribution in [1.29, 1.82) is 0 Å². The molecule has 0 N–H and O–H groups in total. The molecule has 0 saturated carbocycles. The number of carbonyl (C=O) groups is 1. The molecule has 0 unspecified atom stereocenters. The summed E-state index contributed by atoms with van der Waals surface area (Å²) in [6.07, 6.45) is -0.528. The number of rotatable bonds is 4. The van der Waals surface area contributed by atoms with Crippen LogP contribution in [-0.4, -0.2) is 18.2 Å². The number of carbonyl (C=O) groups excluding carboxylic acids is 1. The van der Waals surface area contributed by atoms with E-state index in [4.69, 9.17) is 4.74 Å². The van der Waals surface area contributed by atoms with Crippen LogP contribution in [0.25, 0.3) is 0 Å². The molecule has 0 bridgehead atoms. The Bertz CT molecular complexity index is 628. The molecule has 1 aliphatic rings. The van der Waals surface area contributed by atoms with Crippen molar-refractivity contribution >= 4 is 5.97 Å². The molecule has 2 aromatic rings. The predicted molar refractivity (Wildman–Crippen MR) is 83.5 cm³/mol. The highest BCUT2D eigenvalue weighted by atomic mass is 19.1. The molecule has 1 aliphatic carbocycles. The topological polar surface area (TPSA) is 26.3 Å². The zero-order chi connectivity index (χ0) is 15.5. The highest BCUT2D eigenvalue weighted by Gasteiger charge is 2.31. The minimum atomic E-state index is -1.63. The first-order valence-corrected chi connectivity index (χ1v) is 7.61. The fraction of sp³-hybridized carbons (Fsp3) is 0.316. The van der Waals surface area contributed by atoms with Crippen molar-refractivity contribution in [2.24, 2.45) is 0 Å². The SMILES string of the molecule is C[C@@H](c1ccccc1)[C@H](F)C(=O)OC1Cc2ccccc2C1. The van der Waals surface area contributed by atoms with Crippen molar-refractivity contribution in [2.45, 2.75) is 38.0 Å². The molecule has 0 spiro atoms. The Morgan fingerprint density at radius 2 is 1.59 bits per heavy atom. The van der Waals surface area contributed by atoms with E-state index in [0.29, 0.717) is 12.8 Å². The van der Waals surface area contributed by atoms with Crippen LogP contribution < -0.4 is 0 Å². The van der Waals surface area contributed by atoms with Gasteiger partial charge in [-0.15, -0.1) is 0 Å². The lowest BCUT2D eigenvalue weighted by atomic mass is 9.96. The molecule has 114 valence electrons. The van der Waals surface area contributed by atoms with Crippen LogP contribution in [0, 0.1) is 0 Å². The average Bonchev–Trinajstić information content (AvgIpc) is 2.96. The number of halogens is 1. The number of hydrogen-bond acceptors (Lipinski definition) is 2. The molecule has 0 amide bonds. The first-order valence-electron chi connectivity index (χ1n) is 7.61. The normalized spacial score (nSPS) is 16.8. The van der Waals surface area contributed by atoms with E-state index in [9.17, 15) is 9.18 Å². The van der Waals surface area contributed by atoms with Gasteiger partial charge in [0.25, 0.3) is 0 Å². The van der Waals surface area contributed by atoms with Gasteiger partial charge in [0.2, 0.25) is 6.17 Å². The van der Waals surface area contributed by atoms with E-state index in [1.54, 1.807) is 6.92 Å². The molecular weight excluding hydrogens is 279 g/mol. The molecule has 3 rings (SSSR count). The smallest absolute Gasteiger partial charge is 0.341 e. The summed E-state index contributed by atoms with van der Waals surface area (Å²) in [5, 5.41) is 0. The number of benzene rings is 2. The molecule has 0 radical (unpaired) electrons.